The first-order valence-corrected chi connectivity index (χ1v) is 11.9. The summed E-state index contributed by atoms with van der Waals surface area (Å²) in [4.78, 5) is 26.2. The molecule has 1 N–H and O–H groups in total. The monoisotopic (exact) mass is 434 g/mol. The highest BCUT2D eigenvalue weighted by molar-refractivity contribution is 7.89. The molecule has 8 heteroatoms. The second kappa shape index (κ2) is 9.31. The minimum atomic E-state index is -3.62. The van der Waals surface area contributed by atoms with Crippen molar-refractivity contribution in [2.24, 2.45) is 17.8 Å². The van der Waals surface area contributed by atoms with Crippen LogP contribution in [0.2, 0.25) is 0 Å². The van der Waals surface area contributed by atoms with Gasteiger partial charge in [-0.25, -0.2) is 8.42 Å². The first kappa shape index (κ1) is 22.5. The minimum absolute atomic E-state index is 0.193. The Kier molecular flexibility index (Phi) is 6.98. The molecule has 2 atom stereocenters. The summed E-state index contributed by atoms with van der Waals surface area (Å²) in [5, 5.41) is 9.41. The Morgan fingerprint density at radius 1 is 1.00 bits per heavy atom. The lowest BCUT2D eigenvalue weighted by molar-refractivity contribution is -0.151. The van der Waals surface area contributed by atoms with Crippen LogP contribution in [0, 0.1) is 17.8 Å². The van der Waals surface area contributed by atoms with E-state index in [0.29, 0.717) is 18.8 Å². The summed E-state index contributed by atoms with van der Waals surface area (Å²) in [6.45, 7) is 5.21. The number of piperazine rings is 1. The van der Waals surface area contributed by atoms with E-state index in [0.717, 1.165) is 12.0 Å². The highest BCUT2D eigenvalue weighted by Crippen LogP contribution is 2.28. The van der Waals surface area contributed by atoms with E-state index in [1.54, 1.807) is 23.1 Å². The molecule has 0 spiro atoms. The Hall–Kier alpha value is -2.19. The number of amides is 1. The number of carboxylic acids is 1. The van der Waals surface area contributed by atoms with Gasteiger partial charge < -0.3 is 10.0 Å². The predicted molar refractivity (Wildman–Crippen MR) is 113 cm³/mol. The fraction of sp³-hybridized carbons (Fsp3) is 0.545. The molecule has 1 fully saturated rings. The van der Waals surface area contributed by atoms with Gasteiger partial charge in [-0.3, -0.25) is 9.59 Å². The van der Waals surface area contributed by atoms with Gasteiger partial charge in [-0.2, -0.15) is 4.31 Å². The van der Waals surface area contributed by atoms with Gasteiger partial charge in [0.2, 0.25) is 15.9 Å². The smallest absolute Gasteiger partial charge is 0.307 e. The number of carbonyl (C=O) groups excluding carboxylic acids is 1. The molecule has 0 unspecified atom stereocenters. The predicted octanol–water partition coefficient (Wildman–Crippen LogP) is 2.39. The second-order valence-electron chi connectivity index (χ2n) is 8.47. The first-order valence-electron chi connectivity index (χ1n) is 10.5. The van der Waals surface area contributed by atoms with Gasteiger partial charge in [-0.1, -0.05) is 38.1 Å². The summed E-state index contributed by atoms with van der Waals surface area (Å²) in [6.07, 6.45) is 5.32. The molecular formula is C22H30N2O5S. The van der Waals surface area contributed by atoms with Crippen molar-refractivity contribution in [3.8, 4) is 0 Å². The highest BCUT2D eigenvalue weighted by Gasteiger charge is 2.38. The minimum Gasteiger partial charge on any atom is -0.481 e. The van der Waals surface area contributed by atoms with E-state index in [1.165, 1.54) is 4.31 Å². The molecule has 1 aromatic carbocycles. The summed E-state index contributed by atoms with van der Waals surface area (Å²) in [5.41, 5.74) is 1.11. The molecule has 1 aliphatic heterocycles. The molecule has 7 nitrogen and oxygen atoms in total. The summed E-state index contributed by atoms with van der Waals surface area (Å²) in [6, 6.07) is 7.01. The maximum Gasteiger partial charge on any atom is 0.307 e. The summed E-state index contributed by atoms with van der Waals surface area (Å²) >= 11 is 0. The molecule has 1 saturated heterocycles. The zero-order valence-electron chi connectivity index (χ0n) is 17.5. The maximum absolute atomic E-state index is 13.0. The number of hydrogen-bond acceptors (Lipinski definition) is 4. The van der Waals surface area contributed by atoms with Crippen molar-refractivity contribution < 1.29 is 23.1 Å². The topological polar surface area (TPSA) is 95.0 Å². The maximum atomic E-state index is 13.0. The zero-order chi connectivity index (χ0) is 21.9. The lowest BCUT2D eigenvalue weighted by Gasteiger charge is -2.37. The van der Waals surface area contributed by atoms with Crippen LogP contribution in [0.25, 0.3) is 0 Å². The Bertz CT molecular complexity index is 900. The van der Waals surface area contributed by atoms with Crippen molar-refractivity contribution in [2.45, 2.75) is 38.0 Å². The van der Waals surface area contributed by atoms with Gasteiger partial charge in [0.15, 0.2) is 0 Å². The van der Waals surface area contributed by atoms with Gasteiger partial charge in [0.05, 0.1) is 16.7 Å². The van der Waals surface area contributed by atoms with Crippen LogP contribution in [-0.2, 0) is 26.0 Å². The molecule has 1 aliphatic carbocycles. The molecule has 1 aromatic rings. The molecule has 1 amide bonds. The fourth-order valence-electron chi connectivity index (χ4n) is 4.16. The fourth-order valence-corrected chi connectivity index (χ4v) is 5.58. The Morgan fingerprint density at radius 3 is 2.10 bits per heavy atom. The molecule has 0 bridgehead atoms. The third-order valence-corrected chi connectivity index (χ3v) is 7.74. The van der Waals surface area contributed by atoms with Gasteiger partial charge in [-0.05, 0) is 42.9 Å². The first-order chi connectivity index (χ1) is 14.2. The average molecular weight is 435 g/mol. The molecule has 0 saturated carbocycles. The van der Waals surface area contributed by atoms with Gasteiger partial charge in [0.1, 0.15) is 0 Å². The van der Waals surface area contributed by atoms with Crippen LogP contribution in [0.1, 0.15) is 32.3 Å². The molecule has 3 rings (SSSR count). The van der Waals surface area contributed by atoms with Crippen molar-refractivity contribution in [3.63, 3.8) is 0 Å². The Labute approximate surface area is 178 Å². The van der Waals surface area contributed by atoms with E-state index >= 15 is 0 Å². The van der Waals surface area contributed by atoms with Crippen molar-refractivity contribution in [3.05, 3.63) is 42.0 Å². The number of rotatable bonds is 6. The van der Waals surface area contributed by atoms with Crippen LogP contribution in [0.5, 0.6) is 0 Å². The molecule has 1 heterocycles. The van der Waals surface area contributed by atoms with Crippen LogP contribution in [0.4, 0.5) is 0 Å². The number of sulfonamides is 1. The van der Waals surface area contributed by atoms with E-state index in [9.17, 15) is 23.1 Å². The molecule has 0 aromatic heterocycles. The number of carboxylic acid groups (broad SMARTS) is 1. The zero-order valence-corrected chi connectivity index (χ0v) is 18.3. The third kappa shape index (κ3) is 4.92. The van der Waals surface area contributed by atoms with Gasteiger partial charge in [0, 0.05) is 26.2 Å². The Morgan fingerprint density at radius 2 is 1.57 bits per heavy atom. The Balaban J connectivity index is 1.63. The van der Waals surface area contributed by atoms with Crippen molar-refractivity contribution in [2.75, 3.05) is 26.2 Å². The number of nitrogens with zero attached hydrogens (tertiary/aromatic N) is 2. The van der Waals surface area contributed by atoms with Crippen LogP contribution in [0.3, 0.4) is 0 Å². The van der Waals surface area contributed by atoms with E-state index in [2.05, 4.69) is 13.8 Å². The summed E-state index contributed by atoms with van der Waals surface area (Å²) in [7, 11) is -3.62. The molecule has 30 heavy (non-hydrogen) atoms. The van der Waals surface area contributed by atoms with E-state index < -0.39 is 27.8 Å². The number of benzene rings is 1. The lowest BCUT2D eigenvalue weighted by Crippen LogP contribution is -2.53. The van der Waals surface area contributed by atoms with E-state index in [1.807, 2.05) is 18.2 Å². The molecule has 0 radical (unpaired) electrons. The van der Waals surface area contributed by atoms with Crippen molar-refractivity contribution >= 4 is 21.9 Å². The normalized spacial score (nSPS) is 23.0. The van der Waals surface area contributed by atoms with Crippen LogP contribution >= 0.6 is 0 Å². The largest absolute Gasteiger partial charge is 0.481 e. The van der Waals surface area contributed by atoms with E-state index in [-0.39, 0.29) is 37.0 Å². The van der Waals surface area contributed by atoms with Crippen LogP contribution in [0.15, 0.2) is 41.3 Å². The number of aliphatic carboxylic acids is 1. The molecular weight excluding hydrogens is 404 g/mol. The van der Waals surface area contributed by atoms with Crippen LogP contribution < -0.4 is 0 Å². The third-order valence-electron chi connectivity index (χ3n) is 5.82. The second-order valence-corrected chi connectivity index (χ2v) is 10.4. The summed E-state index contributed by atoms with van der Waals surface area (Å²) in [5.74, 6) is -1.95. The summed E-state index contributed by atoms with van der Waals surface area (Å²) < 4.78 is 27.4. The lowest BCUT2D eigenvalue weighted by atomic mass is 9.82. The average Bonchev–Trinajstić information content (AvgIpc) is 2.73. The quantitative estimate of drug-likeness (QED) is 0.694. The number of hydrogen-bond donors (Lipinski definition) is 1. The number of carbonyl (C=O) groups is 2. The molecule has 2 aliphatic rings. The SMILES string of the molecule is CC(C)Cc1ccc(S(=O)(=O)N2CCN(C(=O)[C@@H]3CC=CC[C@H]3C(=O)O)CC2)cc1. The van der Waals surface area contributed by atoms with Crippen molar-refractivity contribution in [1.29, 1.82) is 0 Å². The van der Waals surface area contributed by atoms with Gasteiger partial charge in [-0.15, -0.1) is 0 Å². The van der Waals surface area contributed by atoms with Gasteiger partial charge in [0.25, 0.3) is 0 Å². The molecule has 164 valence electrons. The van der Waals surface area contributed by atoms with Crippen LogP contribution in [-0.4, -0.2) is 60.8 Å². The standard InChI is InChI=1S/C22H30N2O5S/c1-16(2)15-17-7-9-18(10-8-17)30(28,29)24-13-11-23(12-14-24)21(25)19-5-3-4-6-20(19)22(26)27/h3-4,7-10,16,19-20H,5-6,11-15H2,1-2H3,(H,26,27)/t19-,20-/m1/s1. The highest BCUT2D eigenvalue weighted by atomic mass is 32.2. The van der Waals surface area contributed by atoms with Crippen molar-refractivity contribution in [1.82, 2.24) is 9.21 Å². The van der Waals surface area contributed by atoms with Gasteiger partial charge >= 0.3 is 5.97 Å². The number of allylic oxidation sites excluding steroid dienone is 2. The van der Waals surface area contributed by atoms with E-state index in [4.69, 9.17) is 0 Å².